The minimum atomic E-state index is -0.551. The molecule has 4 rings (SSSR count). The van der Waals surface area contributed by atoms with Gasteiger partial charge < -0.3 is 15.1 Å². The van der Waals surface area contributed by atoms with Crippen LogP contribution >= 0.6 is 0 Å². The summed E-state index contributed by atoms with van der Waals surface area (Å²) in [6.07, 6.45) is 2.15. The minimum Gasteiger partial charge on any atom is -0.345 e. The van der Waals surface area contributed by atoms with E-state index in [1.807, 2.05) is 30.3 Å². The fourth-order valence-electron chi connectivity index (χ4n) is 5.09. The molecular formula is C27H33N3O3. The van der Waals surface area contributed by atoms with E-state index >= 15 is 0 Å². The number of piperazine rings is 1. The van der Waals surface area contributed by atoms with Gasteiger partial charge in [0.2, 0.25) is 11.8 Å². The van der Waals surface area contributed by atoms with E-state index in [4.69, 9.17) is 0 Å². The second kappa shape index (κ2) is 9.38. The van der Waals surface area contributed by atoms with Crippen LogP contribution in [0.5, 0.6) is 0 Å². The predicted molar refractivity (Wildman–Crippen MR) is 128 cm³/mol. The second-order valence-electron chi connectivity index (χ2n) is 9.89. The molecule has 1 aliphatic carbocycles. The predicted octanol–water partition coefficient (Wildman–Crippen LogP) is 3.05. The zero-order valence-electron chi connectivity index (χ0n) is 19.9. The number of nitrogens with zero attached hydrogens (tertiary/aromatic N) is 2. The monoisotopic (exact) mass is 447 g/mol. The maximum absolute atomic E-state index is 13.8. The van der Waals surface area contributed by atoms with Gasteiger partial charge in [-0.3, -0.25) is 14.4 Å². The van der Waals surface area contributed by atoms with E-state index in [1.165, 1.54) is 16.0 Å². The van der Waals surface area contributed by atoms with E-state index in [9.17, 15) is 14.4 Å². The summed E-state index contributed by atoms with van der Waals surface area (Å²) in [6.45, 7) is 4.36. The molecule has 2 aromatic rings. The summed E-state index contributed by atoms with van der Waals surface area (Å²) in [5.41, 5.74) is 3.83. The maximum atomic E-state index is 13.8. The molecule has 0 bridgehead atoms. The summed E-state index contributed by atoms with van der Waals surface area (Å²) < 4.78 is 0. The van der Waals surface area contributed by atoms with Gasteiger partial charge >= 0.3 is 0 Å². The van der Waals surface area contributed by atoms with Crippen LogP contribution in [0.2, 0.25) is 0 Å². The quantitative estimate of drug-likeness (QED) is 0.740. The topological polar surface area (TPSA) is 69.7 Å². The number of fused-ring (bicyclic) bond motifs is 1. The van der Waals surface area contributed by atoms with Crippen molar-refractivity contribution in [2.75, 3.05) is 14.1 Å². The molecule has 174 valence electrons. The Balaban J connectivity index is 1.64. The molecule has 2 aliphatic rings. The number of hydrogen-bond acceptors (Lipinski definition) is 3. The Kier molecular flexibility index (Phi) is 6.54. The van der Waals surface area contributed by atoms with E-state index < -0.39 is 12.1 Å². The number of nitrogens with one attached hydrogen (secondary N) is 1. The molecule has 33 heavy (non-hydrogen) atoms. The average Bonchev–Trinajstić information content (AvgIpc) is 3.22. The first-order valence-electron chi connectivity index (χ1n) is 11.7. The van der Waals surface area contributed by atoms with Crippen LogP contribution in [0.4, 0.5) is 0 Å². The molecule has 1 N–H and O–H groups in total. The molecule has 0 aromatic heterocycles. The number of hydrogen-bond donors (Lipinski definition) is 1. The van der Waals surface area contributed by atoms with Crippen LogP contribution in [0.1, 0.15) is 47.3 Å². The van der Waals surface area contributed by atoms with Gasteiger partial charge in [0.1, 0.15) is 12.1 Å². The third kappa shape index (κ3) is 4.65. The molecule has 0 radical (unpaired) electrons. The fraction of sp³-hybridized carbons (Fsp3) is 0.444. The number of amides is 3. The summed E-state index contributed by atoms with van der Waals surface area (Å²) in [5, 5.41) is 3.06. The Morgan fingerprint density at radius 2 is 1.64 bits per heavy atom. The number of rotatable bonds is 6. The molecule has 2 atom stereocenters. The molecular weight excluding hydrogens is 414 g/mol. The van der Waals surface area contributed by atoms with E-state index in [0.717, 1.165) is 18.4 Å². The van der Waals surface area contributed by atoms with Crippen molar-refractivity contribution >= 4 is 17.7 Å². The lowest BCUT2D eigenvalue weighted by atomic mass is 9.89. The van der Waals surface area contributed by atoms with Gasteiger partial charge in [0.15, 0.2) is 0 Å². The molecule has 1 saturated heterocycles. The van der Waals surface area contributed by atoms with E-state index in [2.05, 4.69) is 31.3 Å². The lowest BCUT2D eigenvalue weighted by Gasteiger charge is -2.41. The first-order valence-corrected chi connectivity index (χ1v) is 11.7. The van der Waals surface area contributed by atoms with Gasteiger partial charge in [-0.05, 0) is 53.9 Å². The maximum Gasteiger partial charge on any atom is 0.253 e. The lowest BCUT2D eigenvalue weighted by molar-refractivity contribution is -0.152. The SMILES string of the molecule is CC(C)C[C@@H]1C(=O)N[C@H](C2Cc3ccccc3C2)C(=O)N1Cc1ccccc1C(=O)N(C)C. The van der Waals surface area contributed by atoms with Crippen molar-refractivity contribution in [3.05, 3.63) is 70.8 Å². The molecule has 1 fully saturated rings. The summed E-state index contributed by atoms with van der Waals surface area (Å²) >= 11 is 0. The molecule has 3 amide bonds. The Morgan fingerprint density at radius 1 is 1.03 bits per heavy atom. The number of carbonyl (C=O) groups excluding carboxylic acids is 3. The third-order valence-electron chi connectivity index (χ3n) is 6.77. The molecule has 0 unspecified atom stereocenters. The standard InChI is InChI=1S/C27H33N3O3/c1-17(2)13-23-25(31)28-24(21-14-18-9-5-6-10-19(18)15-21)27(33)30(23)16-20-11-7-8-12-22(20)26(32)29(3)4/h5-12,17,21,23-24H,13-16H2,1-4H3,(H,28,31)/t23-,24-/m1/s1. The highest BCUT2D eigenvalue weighted by Gasteiger charge is 2.45. The molecule has 6 nitrogen and oxygen atoms in total. The number of benzene rings is 2. The third-order valence-corrected chi connectivity index (χ3v) is 6.77. The first-order chi connectivity index (χ1) is 15.8. The Labute approximate surface area is 196 Å². The first kappa shape index (κ1) is 23.0. The normalized spacial score (nSPS) is 20.7. The molecule has 6 heteroatoms. The van der Waals surface area contributed by atoms with Crippen molar-refractivity contribution in [2.45, 2.75) is 51.7 Å². The molecule has 2 aromatic carbocycles. The van der Waals surface area contributed by atoms with E-state index in [1.54, 1.807) is 25.1 Å². The second-order valence-corrected chi connectivity index (χ2v) is 9.89. The van der Waals surface area contributed by atoms with E-state index in [0.29, 0.717) is 12.0 Å². The summed E-state index contributed by atoms with van der Waals surface area (Å²) in [6, 6.07) is 14.5. The van der Waals surface area contributed by atoms with Gasteiger partial charge in [-0.25, -0.2) is 0 Å². The van der Waals surface area contributed by atoms with Gasteiger partial charge in [-0.15, -0.1) is 0 Å². The van der Waals surface area contributed by atoms with Crippen molar-refractivity contribution < 1.29 is 14.4 Å². The van der Waals surface area contributed by atoms with Gasteiger partial charge in [-0.2, -0.15) is 0 Å². The zero-order valence-corrected chi connectivity index (χ0v) is 19.9. The molecule has 1 aliphatic heterocycles. The highest BCUT2D eigenvalue weighted by atomic mass is 16.2. The van der Waals surface area contributed by atoms with Crippen molar-refractivity contribution in [2.24, 2.45) is 11.8 Å². The Bertz CT molecular complexity index is 1040. The largest absolute Gasteiger partial charge is 0.345 e. The Hall–Kier alpha value is -3.15. The van der Waals surface area contributed by atoms with Crippen molar-refractivity contribution in [1.29, 1.82) is 0 Å². The van der Waals surface area contributed by atoms with Crippen LogP contribution in [0.25, 0.3) is 0 Å². The lowest BCUT2D eigenvalue weighted by Crippen LogP contribution is -2.65. The van der Waals surface area contributed by atoms with Crippen LogP contribution in [0, 0.1) is 11.8 Å². The van der Waals surface area contributed by atoms with Gasteiger partial charge in [-0.1, -0.05) is 56.3 Å². The highest BCUT2D eigenvalue weighted by molar-refractivity contribution is 5.98. The summed E-state index contributed by atoms with van der Waals surface area (Å²) in [5.74, 6) is 0.0375. The summed E-state index contributed by atoms with van der Waals surface area (Å²) in [4.78, 5) is 43.1. The zero-order chi connectivity index (χ0) is 23.7. The highest BCUT2D eigenvalue weighted by Crippen LogP contribution is 2.32. The van der Waals surface area contributed by atoms with Gasteiger partial charge in [0, 0.05) is 26.2 Å². The minimum absolute atomic E-state index is 0.0417. The molecule has 1 heterocycles. The summed E-state index contributed by atoms with van der Waals surface area (Å²) in [7, 11) is 3.43. The molecule has 0 spiro atoms. The van der Waals surface area contributed by atoms with Gasteiger partial charge in [0.05, 0.1) is 0 Å². The Morgan fingerprint density at radius 3 is 2.24 bits per heavy atom. The van der Waals surface area contributed by atoms with Crippen molar-refractivity contribution in [1.82, 2.24) is 15.1 Å². The molecule has 0 saturated carbocycles. The van der Waals surface area contributed by atoms with Crippen LogP contribution in [0.15, 0.2) is 48.5 Å². The number of carbonyl (C=O) groups is 3. The fourth-order valence-corrected chi connectivity index (χ4v) is 5.09. The van der Waals surface area contributed by atoms with E-state index in [-0.39, 0.29) is 36.1 Å². The average molecular weight is 448 g/mol. The van der Waals surface area contributed by atoms with Gasteiger partial charge in [0.25, 0.3) is 5.91 Å². The van der Waals surface area contributed by atoms with Crippen molar-refractivity contribution in [3.8, 4) is 0 Å². The smallest absolute Gasteiger partial charge is 0.253 e. The van der Waals surface area contributed by atoms with Crippen LogP contribution in [-0.4, -0.2) is 53.7 Å². The van der Waals surface area contributed by atoms with Crippen LogP contribution in [-0.2, 0) is 29.0 Å². The van der Waals surface area contributed by atoms with Crippen LogP contribution in [0.3, 0.4) is 0 Å². The van der Waals surface area contributed by atoms with Crippen LogP contribution < -0.4 is 5.32 Å². The van der Waals surface area contributed by atoms with Crippen molar-refractivity contribution in [3.63, 3.8) is 0 Å².